The van der Waals surface area contributed by atoms with Crippen LogP contribution in [0.4, 0.5) is 5.69 Å². The van der Waals surface area contributed by atoms with Crippen LogP contribution in [0.25, 0.3) is 0 Å². The van der Waals surface area contributed by atoms with Crippen LogP contribution in [0.1, 0.15) is 5.56 Å². The van der Waals surface area contributed by atoms with Gasteiger partial charge in [-0.15, -0.1) is 0 Å². The maximum absolute atomic E-state index is 12.5. The molecule has 0 aliphatic heterocycles. The van der Waals surface area contributed by atoms with E-state index in [-0.39, 0.29) is 19.0 Å². The Bertz CT molecular complexity index is 857. The number of hydrogen-bond acceptors (Lipinski definition) is 3. The molecular formula is C17H18Cl2N2O3S. The van der Waals surface area contributed by atoms with Gasteiger partial charge in [-0.1, -0.05) is 47.5 Å². The molecule has 0 N–H and O–H groups in total. The van der Waals surface area contributed by atoms with E-state index in [1.165, 1.54) is 4.90 Å². The van der Waals surface area contributed by atoms with E-state index in [2.05, 4.69) is 0 Å². The number of anilines is 1. The highest BCUT2D eigenvalue weighted by Crippen LogP contribution is 2.23. The largest absolute Gasteiger partial charge is 0.314 e. The SMILES string of the molecule is CN(C(=O)CN(Cc1ccc(Cl)c(Cl)c1)S(C)(=O)=O)c1ccccc1. The minimum Gasteiger partial charge on any atom is -0.314 e. The lowest BCUT2D eigenvalue weighted by Crippen LogP contribution is -2.40. The number of amides is 1. The average molecular weight is 401 g/mol. The number of sulfonamides is 1. The highest BCUT2D eigenvalue weighted by molar-refractivity contribution is 7.88. The van der Waals surface area contributed by atoms with Crippen molar-refractivity contribution in [3.05, 3.63) is 64.1 Å². The highest BCUT2D eigenvalue weighted by Gasteiger charge is 2.23. The van der Waals surface area contributed by atoms with Crippen molar-refractivity contribution in [1.82, 2.24) is 4.31 Å². The number of nitrogens with zero attached hydrogens (tertiary/aromatic N) is 2. The van der Waals surface area contributed by atoms with Gasteiger partial charge in [0.2, 0.25) is 15.9 Å². The fraction of sp³-hybridized carbons (Fsp3) is 0.235. The molecule has 0 saturated heterocycles. The number of likely N-dealkylation sites (N-methyl/N-ethyl adjacent to an activating group) is 1. The third kappa shape index (κ3) is 5.44. The molecule has 0 aliphatic carbocycles. The molecule has 0 unspecified atom stereocenters. The van der Waals surface area contributed by atoms with Crippen molar-refractivity contribution < 1.29 is 13.2 Å². The predicted molar refractivity (Wildman–Crippen MR) is 102 cm³/mol. The maximum atomic E-state index is 12.5. The minimum absolute atomic E-state index is 0.0318. The Morgan fingerprint density at radius 2 is 1.68 bits per heavy atom. The Morgan fingerprint density at radius 3 is 2.24 bits per heavy atom. The van der Waals surface area contributed by atoms with Crippen molar-refractivity contribution in [2.75, 3.05) is 24.7 Å². The van der Waals surface area contributed by atoms with Crippen molar-refractivity contribution in [1.29, 1.82) is 0 Å². The third-order valence-corrected chi connectivity index (χ3v) is 5.58. The summed E-state index contributed by atoms with van der Waals surface area (Å²) in [6.45, 7) is -0.242. The lowest BCUT2D eigenvalue weighted by atomic mass is 10.2. The molecule has 25 heavy (non-hydrogen) atoms. The summed E-state index contributed by atoms with van der Waals surface area (Å²) in [6.07, 6.45) is 1.07. The lowest BCUT2D eigenvalue weighted by Gasteiger charge is -2.23. The van der Waals surface area contributed by atoms with Gasteiger partial charge in [0, 0.05) is 19.3 Å². The second-order valence-electron chi connectivity index (χ2n) is 5.57. The van der Waals surface area contributed by atoms with Gasteiger partial charge in [-0.3, -0.25) is 4.79 Å². The van der Waals surface area contributed by atoms with Crippen LogP contribution in [0.3, 0.4) is 0 Å². The van der Waals surface area contributed by atoms with Gasteiger partial charge in [0.05, 0.1) is 22.8 Å². The maximum Gasteiger partial charge on any atom is 0.242 e. The number of benzene rings is 2. The van der Waals surface area contributed by atoms with Crippen LogP contribution in [-0.2, 0) is 21.4 Å². The van der Waals surface area contributed by atoms with Crippen LogP contribution in [0.15, 0.2) is 48.5 Å². The zero-order valence-electron chi connectivity index (χ0n) is 13.8. The van der Waals surface area contributed by atoms with Crippen LogP contribution in [-0.4, -0.2) is 38.5 Å². The minimum atomic E-state index is -3.59. The average Bonchev–Trinajstić information content (AvgIpc) is 2.56. The van der Waals surface area contributed by atoms with E-state index < -0.39 is 10.0 Å². The van der Waals surface area contributed by atoms with E-state index >= 15 is 0 Å². The molecule has 0 saturated carbocycles. The fourth-order valence-electron chi connectivity index (χ4n) is 2.18. The molecule has 0 spiro atoms. The molecule has 0 atom stereocenters. The third-order valence-electron chi connectivity index (χ3n) is 3.64. The second-order valence-corrected chi connectivity index (χ2v) is 8.36. The molecule has 1 amide bonds. The summed E-state index contributed by atoms with van der Waals surface area (Å²) >= 11 is 11.8. The number of carbonyl (C=O) groups excluding carboxylic acids is 1. The van der Waals surface area contributed by atoms with E-state index in [0.29, 0.717) is 21.3 Å². The summed E-state index contributed by atoms with van der Waals surface area (Å²) in [7, 11) is -1.98. The van der Waals surface area contributed by atoms with Gasteiger partial charge in [0.15, 0.2) is 0 Å². The Morgan fingerprint density at radius 1 is 1.04 bits per heavy atom. The van der Waals surface area contributed by atoms with Gasteiger partial charge in [-0.05, 0) is 29.8 Å². The van der Waals surface area contributed by atoms with Crippen LogP contribution in [0.2, 0.25) is 10.0 Å². The molecule has 2 aromatic carbocycles. The van der Waals surface area contributed by atoms with Crippen LogP contribution >= 0.6 is 23.2 Å². The summed E-state index contributed by atoms with van der Waals surface area (Å²) in [4.78, 5) is 13.9. The Balaban J connectivity index is 2.18. The molecule has 134 valence electrons. The number of hydrogen-bond donors (Lipinski definition) is 0. The molecular weight excluding hydrogens is 383 g/mol. The Labute approximate surface area is 157 Å². The first-order chi connectivity index (χ1) is 11.7. The summed E-state index contributed by atoms with van der Waals surface area (Å²) in [6, 6.07) is 13.9. The zero-order valence-corrected chi connectivity index (χ0v) is 16.1. The van der Waals surface area contributed by atoms with E-state index in [9.17, 15) is 13.2 Å². The molecule has 0 radical (unpaired) electrons. The standard InChI is InChI=1S/C17H18Cl2N2O3S/c1-20(14-6-4-3-5-7-14)17(22)12-21(25(2,23)24)11-13-8-9-15(18)16(19)10-13/h3-10H,11-12H2,1-2H3. The number of carbonyl (C=O) groups is 1. The fourth-order valence-corrected chi connectivity index (χ4v) is 3.23. The van der Waals surface area contributed by atoms with E-state index in [1.807, 2.05) is 18.2 Å². The monoisotopic (exact) mass is 400 g/mol. The molecule has 2 rings (SSSR count). The first-order valence-electron chi connectivity index (χ1n) is 7.39. The summed E-state index contributed by atoms with van der Waals surface area (Å²) in [5.41, 5.74) is 1.34. The van der Waals surface area contributed by atoms with Crippen LogP contribution in [0.5, 0.6) is 0 Å². The first-order valence-corrected chi connectivity index (χ1v) is 9.99. The van der Waals surface area contributed by atoms with E-state index in [0.717, 1.165) is 10.6 Å². The number of halogens is 2. The molecule has 0 aromatic heterocycles. The first kappa shape index (κ1) is 19.7. The van der Waals surface area contributed by atoms with Gasteiger partial charge in [0.25, 0.3) is 0 Å². The summed E-state index contributed by atoms with van der Waals surface area (Å²) < 4.78 is 25.3. The Kier molecular flexibility index (Phi) is 6.46. The number of rotatable bonds is 6. The van der Waals surface area contributed by atoms with Crippen molar-refractivity contribution in [3.63, 3.8) is 0 Å². The van der Waals surface area contributed by atoms with Gasteiger partial charge in [0.1, 0.15) is 0 Å². The van der Waals surface area contributed by atoms with E-state index in [4.69, 9.17) is 23.2 Å². The summed E-state index contributed by atoms with van der Waals surface area (Å²) in [5, 5.41) is 0.719. The molecule has 0 bridgehead atoms. The van der Waals surface area contributed by atoms with Crippen LogP contribution in [0, 0.1) is 0 Å². The molecule has 0 heterocycles. The van der Waals surface area contributed by atoms with Crippen LogP contribution < -0.4 is 4.90 Å². The lowest BCUT2D eigenvalue weighted by molar-refractivity contribution is -0.118. The smallest absolute Gasteiger partial charge is 0.242 e. The molecule has 0 aliphatic rings. The van der Waals surface area contributed by atoms with Gasteiger partial charge in [-0.25, -0.2) is 8.42 Å². The summed E-state index contributed by atoms with van der Waals surface area (Å²) in [5.74, 6) is -0.336. The Hall–Kier alpha value is -1.60. The van der Waals surface area contributed by atoms with Crippen molar-refractivity contribution in [2.24, 2.45) is 0 Å². The van der Waals surface area contributed by atoms with Gasteiger partial charge >= 0.3 is 0 Å². The topological polar surface area (TPSA) is 57.7 Å². The van der Waals surface area contributed by atoms with Crippen molar-refractivity contribution >= 4 is 44.8 Å². The molecule has 8 heteroatoms. The van der Waals surface area contributed by atoms with Crippen molar-refractivity contribution in [3.8, 4) is 0 Å². The molecule has 0 fully saturated rings. The quantitative estimate of drug-likeness (QED) is 0.746. The van der Waals surface area contributed by atoms with E-state index in [1.54, 1.807) is 37.4 Å². The van der Waals surface area contributed by atoms with Gasteiger partial charge < -0.3 is 4.90 Å². The highest BCUT2D eigenvalue weighted by atomic mass is 35.5. The zero-order chi connectivity index (χ0) is 18.6. The van der Waals surface area contributed by atoms with Gasteiger partial charge in [-0.2, -0.15) is 4.31 Å². The predicted octanol–water partition coefficient (Wildman–Crippen LogP) is 3.42. The number of para-hydroxylation sites is 1. The molecule has 2 aromatic rings. The van der Waals surface area contributed by atoms with Crippen molar-refractivity contribution in [2.45, 2.75) is 6.54 Å². The molecule has 5 nitrogen and oxygen atoms in total. The second kappa shape index (κ2) is 8.19. The normalized spacial score (nSPS) is 11.6.